The molecule has 0 saturated carbocycles. The Hall–Kier alpha value is -0.330. The van der Waals surface area contributed by atoms with Gasteiger partial charge in [0, 0.05) is 19.6 Å². The molecule has 0 aliphatic rings. The molecule has 0 spiro atoms. The fourth-order valence-electron chi connectivity index (χ4n) is 1.14. The summed E-state index contributed by atoms with van der Waals surface area (Å²) in [6.45, 7) is 2.74. The Kier molecular flexibility index (Phi) is 5.55. The minimum atomic E-state index is -4.21. The van der Waals surface area contributed by atoms with E-state index in [2.05, 4.69) is 0 Å². The molecular formula is C9H19F3N2O. The third-order valence-corrected chi connectivity index (χ3v) is 1.89. The summed E-state index contributed by atoms with van der Waals surface area (Å²) in [6, 6.07) is 0. The van der Waals surface area contributed by atoms with Crippen molar-refractivity contribution in [3.63, 3.8) is 0 Å². The molecule has 0 aromatic heterocycles. The second kappa shape index (κ2) is 5.67. The van der Waals surface area contributed by atoms with Gasteiger partial charge in [0.2, 0.25) is 0 Å². The van der Waals surface area contributed by atoms with E-state index in [1.54, 1.807) is 13.8 Å². The zero-order valence-corrected chi connectivity index (χ0v) is 9.14. The zero-order chi connectivity index (χ0) is 12.1. The average Bonchev–Trinajstić information content (AvgIpc) is 1.96. The summed E-state index contributed by atoms with van der Waals surface area (Å²) in [6.07, 6.45) is -3.92. The van der Waals surface area contributed by atoms with Gasteiger partial charge in [-0.1, -0.05) is 0 Å². The van der Waals surface area contributed by atoms with Crippen LogP contribution in [0.15, 0.2) is 0 Å². The molecule has 15 heavy (non-hydrogen) atoms. The van der Waals surface area contributed by atoms with Crippen molar-refractivity contribution in [2.45, 2.75) is 32.0 Å². The van der Waals surface area contributed by atoms with Gasteiger partial charge in [-0.15, -0.1) is 0 Å². The van der Waals surface area contributed by atoms with Gasteiger partial charge in [0.25, 0.3) is 0 Å². The van der Waals surface area contributed by atoms with Gasteiger partial charge in [0.15, 0.2) is 0 Å². The Morgan fingerprint density at radius 3 is 2.07 bits per heavy atom. The number of hydrogen-bond donors (Lipinski definition) is 2. The number of hydrogen-bond acceptors (Lipinski definition) is 3. The molecule has 0 aliphatic heterocycles. The van der Waals surface area contributed by atoms with Gasteiger partial charge in [-0.3, -0.25) is 4.90 Å². The molecule has 0 unspecified atom stereocenters. The Morgan fingerprint density at radius 1 is 1.20 bits per heavy atom. The first-order chi connectivity index (χ1) is 6.64. The quantitative estimate of drug-likeness (QED) is 0.712. The van der Waals surface area contributed by atoms with E-state index in [9.17, 15) is 18.3 Å². The van der Waals surface area contributed by atoms with Crippen LogP contribution >= 0.6 is 0 Å². The second-order valence-electron chi connectivity index (χ2n) is 4.24. The fourth-order valence-corrected chi connectivity index (χ4v) is 1.14. The lowest BCUT2D eigenvalue weighted by Crippen LogP contribution is -2.40. The predicted octanol–water partition coefficient (Wildman–Crippen LogP) is 0.970. The topological polar surface area (TPSA) is 49.5 Å². The minimum absolute atomic E-state index is 0.182. The lowest BCUT2D eigenvalue weighted by atomic mass is 10.1. The van der Waals surface area contributed by atoms with E-state index < -0.39 is 18.3 Å². The molecular weight excluding hydrogens is 209 g/mol. The van der Waals surface area contributed by atoms with Crippen molar-refractivity contribution >= 4 is 0 Å². The van der Waals surface area contributed by atoms with Gasteiger partial charge in [0.1, 0.15) is 0 Å². The van der Waals surface area contributed by atoms with Crippen molar-refractivity contribution in [3.05, 3.63) is 0 Å². The Balaban J connectivity index is 4.05. The van der Waals surface area contributed by atoms with Crippen molar-refractivity contribution in [1.29, 1.82) is 0 Å². The van der Waals surface area contributed by atoms with Crippen LogP contribution in [-0.2, 0) is 0 Å². The Labute approximate surface area is 88.0 Å². The minimum Gasteiger partial charge on any atom is -0.390 e. The monoisotopic (exact) mass is 228 g/mol. The summed E-state index contributed by atoms with van der Waals surface area (Å²) in [7, 11) is 0. The van der Waals surface area contributed by atoms with Gasteiger partial charge < -0.3 is 10.8 Å². The Bertz CT molecular complexity index is 177. The summed E-state index contributed by atoms with van der Waals surface area (Å²) < 4.78 is 36.3. The van der Waals surface area contributed by atoms with Gasteiger partial charge in [-0.2, -0.15) is 13.2 Å². The summed E-state index contributed by atoms with van der Waals surface area (Å²) in [5, 5.41) is 9.39. The average molecular weight is 228 g/mol. The van der Waals surface area contributed by atoms with E-state index >= 15 is 0 Å². The molecule has 0 rings (SSSR count). The van der Waals surface area contributed by atoms with Gasteiger partial charge in [-0.05, 0) is 20.3 Å². The number of halogens is 3. The van der Waals surface area contributed by atoms with Crippen LogP contribution in [-0.4, -0.2) is 48.0 Å². The van der Waals surface area contributed by atoms with Gasteiger partial charge >= 0.3 is 6.18 Å². The van der Waals surface area contributed by atoms with Crippen LogP contribution in [0, 0.1) is 0 Å². The largest absolute Gasteiger partial charge is 0.401 e. The molecule has 0 fully saturated rings. The normalized spacial score (nSPS) is 13.6. The lowest BCUT2D eigenvalue weighted by Gasteiger charge is -2.26. The Morgan fingerprint density at radius 2 is 1.73 bits per heavy atom. The number of rotatable bonds is 6. The van der Waals surface area contributed by atoms with Crippen molar-refractivity contribution in [2.75, 3.05) is 26.2 Å². The molecule has 0 radical (unpaired) electrons. The summed E-state index contributed by atoms with van der Waals surface area (Å²) >= 11 is 0. The van der Waals surface area contributed by atoms with Gasteiger partial charge in [-0.25, -0.2) is 0 Å². The summed E-state index contributed by atoms with van der Waals surface area (Å²) in [4.78, 5) is 1.21. The maximum absolute atomic E-state index is 12.1. The van der Waals surface area contributed by atoms with E-state index in [0.717, 1.165) is 0 Å². The van der Waals surface area contributed by atoms with Crippen LogP contribution in [0.1, 0.15) is 20.3 Å². The second-order valence-corrected chi connectivity index (χ2v) is 4.24. The molecule has 0 aliphatic carbocycles. The number of nitrogens with two attached hydrogens (primary N) is 1. The molecule has 0 aromatic rings. The molecule has 0 bridgehead atoms. The molecule has 0 amide bonds. The van der Waals surface area contributed by atoms with Crippen LogP contribution in [0.2, 0.25) is 0 Å². The first kappa shape index (κ1) is 14.7. The zero-order valence-electron chi connectivity index (χ0n) is 9.14. The van der Waals surface area contributed by atoms with E-state index in [4.69, 9.17) is 5.73 Å². The van der Waals surface area contributed by atoms with Crippen LogP contribution in [0.3, 0.4) is 0 Å². The van der Waals surface area contributed by atoms with Crippen molar-refractivity contribution in [2.24, 2.45) is 5.73 Å². The maximum atomic E-state index is 12.1. The first-order valence-electron chi connectivity index (χ1n) is 4.85. The number of alkyl halides is 3. The third kappa shape index (κ3) is 9.96. The van der Waals surface area contributed by atoms with Crippen LogP contribution in [0.5, 0.6) is 0 Å². The highest BCUT2D eigenvalue weighted by atomic mass is 19.4. The summed E-state index contributed by atoms with van der Waals surface area (Å²) in [5.41, 5.74) is 4.27. The molecule has 3 N–H and O–H groups in total. The van der Waals surface area contributed by atoms with Crippen molar-refractivity contribution in [3.8, 4) is 0 Å². The third-order valence-electron chi connectivity index (χ3n) is 1.89. The fraction of sp³-hybridized carbons (Fsp3) is 1.00. The van der Waals surface area contributed by atoms with Crippen LogP contribution in [0.25, 0.3) is 0 Å². The van der Waals surface area contributed by atoms with E-state index in [-0.39, 0.29) is 19.6 Å². The SMILES string of the molecule is CC(C)(O)CCN(CCN)CC(F)(F)F. The van der Waals surface area contributed by atoms with Crippen molar-refractivity contribution in [1.82, 2.24) is 4.90 Å². The predicted molar refractivity (Wildman–Crippen MR) is 52.5 cm³/mol. The van der Waals surface area contributed by atoms with Crippen LogP contribution in [0.4, 0.5) is 13.2 Å². The summed E-state index contributed by atoms with van der Waals surface area (Å²) in [5.74, 6) is 0. The standard InChI is InChI=1S/C9H19F3N2O/c1-8(2,15)3-5-14(6-4-13)7-9(10,11)12/h15H,3-7,13H2,1-2H3. The molecule has 0 aromatic carbocycles. The maximum Gasteiger partial charge on any atom is 0.401 e. The van der Waals surface area contributed by atoms with E-state index in [0.29, 0.717) is 6.42 Å². The molecule has 92 valence electrons. The highest BCUT2D eigenvalue weighted by Gasteiger charge is 2.30. The highest BCUT2D eigenvalue weighted by Crippen LogP contribution is 2.17. The first-order valence-corrected chi connectivity index (χ1v) is 4.85. The molecule has 0 atom stereocenters. The van der Waals surface area contributed by atoms with Crippen LogP contribution < -0.4 is 5.73 Å². The van der Waals surface area contributed by atoms with Crippen molar-refractivity contribution < 1.29 is 18.3 Å². The lowest BCUT2D eigenvalue weighted by molar-refractivity contribution is -0.147. The molecule has 3 nitrogen and oxygen atoms in total. The smallest absolute Gasteiger partial charge is 0.390 e. The number of nitrogens with zero attached hydrogens (tertiary/aromatic N) is 1. The highest BCUT2D eigenvalue weighted by molar-refractivity contribution is 4.71. The van der Waals surface area contributed by atoms with E-state index in [1.165, 1.54) is 4.90 Å². The number of aliphatic hydroxyl groups is 1. The molecule has 0 heterocycles. The molecule has 6 heteroatoms. The molecule has 0 saturated heterocycles. The van der Waals surface area contributed by atoms with Gasteiger partial charge in [0.05, 0.1) is 12.1 Å². The van der Waals surface area contributed by atoms with E-state index in [1.807, 2.05) is 0 Å².